The number of aryl methyl sites for hydroxylation is 1. The Morgan fingerprint density at radius 1 is 1.44 bits per heavy atom. The molecule has 0 saturated heterocycles. The Hall–Kier alpha value is -1.81. The van der Waals surface area contributed by atoms with Crippen LogP contribution in [0, 0.1) is 6.92 Å². The minimum absolute atomic E-state index is 0.173. The monoisotopic (exact) mass is 243 g/mol. The Morgan fingerprint density at radius 2 is 2.28 bits per heavy atom. The third-order valence-electron chi connectivity index (χ3n) is 3.37. The van der Waals surface area contributed by atoms with Gasteiger partial charge in [0.15, 0.2) is 0 Å². The van der Waals surface area contributed by atoms with E-state index < -0.39 is 0 Å². The molecule has 0 bridgehead atoms. The molecular weight excluding hydrogens is 226 g/mol. The van der Waals surface area contributed by atoms with Crippen molar-refractivity contribution in [1.82, 2.24) is 9.78 Å². The van der Waals surface area contributed by atoms with Gasteiger partial charge < -0.3 is 10.5 Å². The van der Waals surface area contributed by atoms with Gasteiger partial charge in [0, 0.05) is 24.7 Å². The van der Waals surface area contributed by atoms with Gasteiger partial charge in [0.1, 0.15) is 11.9 Å². The lowest BCUT2D eigenvalue weighted by molar-refractivity contribution is 0.203. The summed E-state index contributed by atoms with van der Waals surface area (Å²) < 4.78 is 7.84. The average molecular weight is 243 g/mol. The minimum atomic E-state index is 0.173. The maximum atomic E-state index is 5.90. The molecule has 1 aliphatic rings. The molecule has 0 spiro atoms. The maximum Gasteiger partial charge on any atom is 0.123 e. The predicted molar refractivity (Wildman–Crippen MR) is 69.4 cm³/mol. The van der Waals surface area contributed by atoms with Crippen LogP contribution in [0.15, 0.2) is 30.5 Å². The van der Waals surface area contributed by atoms with Crippen LogP contribution in [0.3, 0.4) is 0 Å². The van der Waals surface area contributed by atoms with Gasteiger partial charge in [-0.05, 0) is 18.6 Å². The summed E-state index contributed by atoms with van der Waals surface area (Å²) in [5.74, 6) is 1.01. The van der Waals surface area contributed by atoms with Gasteiger partial charge in [0.05, 0.1) is 12.2 Å². The van der Waals surface area contributed by atoms with Gasteiger partial charge in [-0.2, -0.15) is 5.10 Å². The van der Waals surface area contributed by atoms with Crippen LogP contribution in [0.5, 0.6) is 5.75 Å². The largest absolute Gasteiger partial charge is 0.488 e. The van der Waals surface area contributed by atoms with E-state index in [1.54, 1.807) is 0 Å². The Labute approximate surface area is 106 Å². The van der Waals surface area contributed by atoms with E-state index in [0.717, 1.165) is 30.0 Å². The number of hydrogen-bond donors (Lipinski definition) is 1. The van der Waals surface area contributed by atoms with Crippen molar-refractivity contribution in [1.29, 1.82) is 0 Å². The van der Waals surface area contributed by atoms with E-state index in [2.05, 4.69) is 17.2 Å². The van der Waals surface area contributed by atoms with Gasteiger partial charge in [-0.3, -0.25) is 4.68 Å². The molecule has 4 nitrogen and oxygen atoms in total. The quantitative estimate of drug-likeness (QED) is 0.892. The fraction of sp³-hybridized carbons (Fsp3) is 0.357. The topological polar surface area (TPSA) is 53.1 Å². The minimum Gasteiger partial charge on any atom is -0.488 e. The average Bonchev–Trinajstić information content (AvgIpc) is 2.92. The van der Waals surface area contributed by atoms with Crippen molar-refractivity contribution in [3.63, 3.8) is 0 Å². The van der Waals surface area contributed by atoms with E-state index in [0.29, 0.717) is 6.54 Å². The van der Waals surface area contributed by atoms with E-state index in [1.165, 1.54) is 5.56 Å². The zero-order valence-corrected chi connectivity index (χ0v) is 10.5. The summed E-state index contributed by atoms with van der Waals surface area (Å²) in [7, 11) is 0. The fourth-order valence-corrected chi connectivity index (χ4v) is 2.42. The Bertz CT molecular complexity index is 537. The van der Waals surface area contributed by atoms with Crippen molar-refractivity contribution in [2.45, 2.75) is 32.5 Å². The second-order valence-electron chi connectivity index (χ2n) is 4.72. The van der Waals surface area contributed by atoms with Crippen molar-refractivity contribution in [2.75, 3.05) is 0 Å². The third kappa shape index (κ3) is 1.99. The first kappa shape index (κ1) is 11.3. The van der Waals surface area contributed by atoms with Crippen molar-refractivity contribution in [3.05, 3.63) is 47.3 Å². The SMILES string of the molecule is Cc1nn(CC2Cc3ccccc3O2)cc1CN. The first-order chi connectivity index (χ1) is 8.76. The molecule has 0 saturated carbocycles. The van der Waals surface area contributed by atoms with Crippen LogP contribution in [0.2, 0.25) is 0 Å². The molecule has 2 aromatic rings. The highest BCUT2D eigenvalue weighted by molar-refractivity contribution is 5.37. The summed E-state index contributed by atoms with van der Waals surface area (Å²) in [4.78, 5) is 0. The normalized spacial score (nSPS) is 17.6. The van der Waals surface area contributed by atoms with Crippen LogP contribution >= 0.6 is 0 Å². The summed E-state index contributed by atoms with van der Waals surface area (Å²) in [6, 6.07) is 8.20. The standard InChI is InChI=1S/C14H17N3O/c1-10-12(7-15)8-17(16-10)9-13-6-11-4-2-3-5-14(11)18-13/h2-5,8,13H,6-7,9,15H2,1H3. The smallest absolute Gasteiger partial charge is 0.123 e. The molecule has 4 heteroatoms. The van der Waals surface area contributed by atoms with Gasteiger partial charge in [0.25, 0.3) is 0 Å². The molecule has 0 aliphatic carbocycles. The Morgan fingerprint density at radius 3 is 3.00 bits per heavy atom. The molecule has 0 amide bonds. The molecule has 1 aliphatic heterocycles. The molecular formula is C14H17N3O. The Balaban J connectivity index is 1.72. The van der Waals surface area contributed by atoms with E-state index >= 15 is 0 Å². The van der Waals surface area contributed by atoms with Crippen LogP contribution in [-0.4, -0.2) is 15.9 Å². The number of ether oxygens (including phenoxy) is 1. The highest BCUT2D eigenvalue weighted by Crippen LogP contribution is 2.28. The summed E-state index contributed by atoms with van der Waals surface area (Å²) in [5.41, 5.74) is 9.05. The molecule has 0 fully saturated rings. The number of rotatable bonds is 3. The van der Waals surface area contributed by atoms with E-state index in [1.807, 2.05) is 29.9 Å². The van der Waals surface area contributed by atoms with E-state index in [-0.39, 0.29) is 6.10 Å². The second kappa shape index (κ2) is 4.46. The summed E-state index contributed by atoms with van der Waals surface area (Å²) >= 11 is 0. The Kier molecular flexibility index (Phi) is 2.80. The van der Waals surface area contributed by atoms with Crippen LogP contribution in [0.4, 0.5) is 0 Å². The van der Waals surface area contributed by atoms with E-state index in [9.17, 15) is 0 Å². The van der Waals surface area contributed by atoms with Crippen LogP contribution < -0.4 is 10.5 Å². The van der Waals surface area contributed by atoms with Crippen LogP contribution in [0.25, 0.3) is 0 Å². The molecule has 1 unspecified atom stereocenters. The number of hydrogen-bond acceptors (Lipinski definition) is 3. The molecule has 1 aromatic heterocycles. The van der Waals surface area contributed by atoms with Gasteiger partial charge in [-0.1, -0.05) is 18.2 Å². The second-order valence-corrected chi connectivity index (χ2v) is 4.72. The molecule has 3 rings (SSSR count). The van der Waals surface area contributed by atoms with Crippen molar-refractivity contribution in [2.24, 2.45) is 5.73 Å². The number of benzene rings is 1. The third-order valence-corrected chi connectivity index (χ3v) is 3.37. The fourth-order valence-electron chi connectivity index (χ4n) is 2.42. The molecule has 0 radical (unpaired) electrons. The zero-order chi connectivity index (χ0) is 12.5. The number of para-hydroxylation sites is 1. The molecule has 1 aromatic carbocycles. The van der Waals surface area contributed by atoms with Crippen molar-refractivity contribution >= 4 is 0 Å². The van der Waals surface area contributed by atoms with Gasteiger partial charge in [-0.15, -0.1) is 0 Å². The molecule has 94 valence electrons. The molecule has 1 atom stereocenters. The first-order valence-electron chi connectivity index (χ1n) is 6.24. The summed E-state index contributed by atoms with van der Waals surface area (Å²) in [5, 5.41) is 4.46. The molecule has 2 N–H and O–H groups in total. The van der Waals surface area contributed by atoms with Gasteiger partial charge >= 0.3 is 0 Å². The highest BCUT2D eigenvalue weighted by atomic mass is 16.5. The summed E-state index contributed by atoms with van der Waals surface area (Å²) in [6.45, 7) is 3.30. The molecule has 18 heavy (non-hydrogen) atoms. The molecule has 2 heterocycles. The number of nitrogens with two attached hydrogens (primary N) is 1. The van der Waals surface area contributed by atoms with Crippen molar-refractivity contribution < 1.29 is 4.74 Å². The maximum absolute atomic E-state index is 5.90. The predicted octanol–water partition coefficient (Wildman–Crippen LogP) is 1.65. The van der Waals surface area contributed by atoms with Crippen molar-refractivity contribution in [3.8, 4) is 5.75 Å². The number of fused-ring (bicyclic) bond motifs is 1. The first-order valence-corrected chi connectivity index (χ1v) is 6.24. The van der Waals surface area contributed by atoms with Gasteiger partial charge in [-0.25, -0.2) is 0 Å². The van der Waals surface area contributed by atoms with E-state index in [4.69, 9.17) is 10.5 Å². The zero-order valence-electron chi connectivity index (χ0n) is 10.5. The van der Waals surface area contributed by atoms with Crippen LogP contribution in [0.1, 0.15) is 16.8 Å². The number of aromatic nitrogens is 2. The van der Waals surface area contributed by atoms with Crippen LogP contribution in [-0.2, 0) is 19.5 Å². The summed E-state index contributed by atoms with van der Waals surface area (Å²) in [6.07, 6.45) is 3.14. The number of nitrogens with zero attached hydrogens (tertiary/aromatic N) is 2. The van der Waals surface area contributed by atoms with Gasteiger partial charge in [0.2, 0.25) is 0 Å². The lowest BCUT2D eigenvalue weighted by Gasteiger charge is -2.10. The lowest BCUT2D eigenvalue weighted by atomic mass is 10.1. The lowest BCUT2D eigenvalue weighted by Crippen LogP contribution is -2.21. The highest BCUT2D eigenvalue weighted by Gasteiger charge is 2.23.